The van der Waals surface area contributed by atoms with Crippen molar-refractivity contribution < 1.29 is 23.8 Å². The number of aromatic carboxylic acids is 1. The van der Waals surface area contributed by atoms with Crippen molar-refractivity contribution in [2.45, 2.75) is 26.1 Å². The number of hydrogen-bond acceptors (Lipinski definition) is 8. The maximum Gasteiger partial charge on any atom is 0.339 e. The van der Waals surface area contributed by atoms with Crippen molar-refractivity contribution in [3.8, 4) is 11.5 Å². The molecule has 36 heavy (non-hydrogen) atoms. The number of rotatable bonds is 5. The van der Waals surface area contributed by atoms with Gasteiger partial charge in [0.1, 0.15) is 28.7 Å². The van der Waals surface area contributed by atoms with Crippen LogP contribution in [-0.4, -0.2) is 32.2 Å². The molecule has 4 aromatic rings. The number of hydrogen-bond donors (Lipinski definition) is 2. The first kappa shape index (κ1) is 21.8. The zero-order valence-electron chi connectivity index (χ0n) is 19.1. The number of anilines is 2. The molecule has 5 heterocycles. The lowest BCUT2D eigenvalue weighted by Crippen LogP contribution is -2.24. The van der Waals surface area contributed by atoms with Gasteiger partial charge in [0.25, 0.3) is 5.56 Å². The first-order valence-corrected chi connectivity index (χ1v) is 11.2. The third-order valence-corrected chi connectivity index (χ3v) is 6.37. The summed E-state index contributed by atoms with van der Waals surface area (Å²) in [7, 11) is 0. The molecule has 0 fully saturated rings. The van der Waals surface area contributed by atoms with Crippen LogP contribution in [0.4, 0.5) is 16.0 Å². The van der Waals surface area contributed by atoms with E-state index >= 15 is 0 Å². The number of carboxylic acids is 1. The SMILES string of the molecule is C[C@@H](Nc1ncccc1C(=O)O)c1cc(F)cn2c(=O)cc(N3Cc4ccc5c(c4C3)OCO5)nc12. The van der Waals surface area contributed by atoms with Crippen LogP contribution in [0.25, 0.3) is 5.65 Å². The van der Waals surface area contributed by atoms with E-state index < -0.39 is 23.4 Å². The Bertz CT molecular complexity index is 1600. The molecule has 0 bridgehead atoms. The zero-order chi connectivity index (χ0) is 25.0. The Labute approximate surface area is 203 Å². The largest absolute Gasteiger partial charge is 0.478 e. The Kier molecular flexibility index (Phi) is 4.99. The van der Waals surface area contributed by atoms with E-state index in [4.69, 9.17) is 14.5 Å². The maximum atomic E-state index is 14.5. The van der Waals surface area contributed by atoms with Crippen LogP contribution in [-0.2, 0) is 13.1 Å². The van der Waals surface area contributed by atoms with Crippen molar-refractivity contribution in [1.82, 2.24) is 14.4 Å². The molecule has 10 nitrogen and oxygen atoms in total. The average molecular weight is 489 g/mol. The van der Waals surface area contributed by atoms with Gasteiger partial charge >= 0.3 is 5.97 Å². The lowest BCUT2D eigenvalue weighted by Gasteiger charge is -2.20. The summed E-state index contributed by atoms with van der Waals surface area (Å²) in [6, 6.07) is 8.82. The molecule has 0 aliphatic carbocycles. The molecule has 11 heteroatoms. The van der Waals surface area contributed by atoms with Gasteiger partial charge in [0, 0.05) is 42.7 Å². The summed E-state index contributed by atoms with van der Waals surface area (Å²) in [5, 5.41) is 12.5. The van der Waals surface area contributed by atoms with E-state index in [9.17, 15) is 19.1 Å². The fourth-order valence-electron chi connectivity index (χ4n) is 4.64. The molecule has 182 valence electrons. The van der Waals surface area contributed by atoms with Crippen molar-refractivity contribution >= 4 is 23.3 Å². The molecule has 2 N–H and O–H groups in total. The van der Waals surface area contributed by atoms with Gasteiger partial charge in [-0.05, 0) is 36.8 Å². The van der Waals surface area contributed by atoms with Crippen LogP contribution >= 0.6 is 0 Å². The van der Waals surface area contributed by atoms with Gasteiger partial charge in [0.15, 0.2) is 11.5 Å². The number of carboxylic acid groups (broad SMARTS) is 1. The number of ether oxygens (including phenoxy) is 2. The van der Waals surface area contributed by atoms with Crippen LogP contribution in [0.5, 0.6) is 11.5 Å². The first-order chi connectivity index (χ1) is 17.4. The minimum Gasteiger partial charge on any atom is -0.478 e. The molecular weight excluding hydrogens is 469 g/mol. The van der Waals surface area contributed by atoms with Crippen LogP contribution in [0, 0.1) is 5.82 Å². The Hall–Kier alpha value is -4.67. The van der Waals surface area contributed by atoms with Gasteiger partial charge in [-0.25, -0.2) is 19.2 Å². The predicted octanol–water partition coefficient (Wildman–Crippen LogP) is 3.35. The van der Waals surface area contributed by atoms with E-state index in [2.05, 4.69) is 10.3 Å². The Balaban J connectivity index is 1.40. The highest BCUT2D eigenvalue weighted by Gasteiger charge is 2.29. The van der Waals surface area contributed by atoms with E-state index in [1.54, 1.807) is 6.92 Å². The molecule has 2 aliphatic rings. The predicted molar refractivity (Wildman–Crippen MR) is 127 cm³/mol. The van der Waals surface area contributed by atoms with Crippen LogP contribution in [0.1, 0.15) is 40.0 Å². The van der Waals surface area contributed by atoms with Gasteiger partial charge in [-0.2, -0.15) is 0 Å². The number of pyridine rings is 2. The number of halogens is 1. The minimum atomic E-state index is -1.15. The quantitative estimate of drug-likeness (QED) is 0.435. The van der Waals surface area contributed by atoms with Crippen LogP contribution in [0.2, 0.25) is 0 Å². The Morgan fingerprint density at radius 2 is 2.08 bits per heavy atom. The van der Waals surface area contributed by atoms with E-state index in [1.807, 2.05) is 17.0 Å². The maximum absolute atomic E-state index is 14.5. The van der Waals surface area contributed by atoms with E-state index in [1.165, 1.54) is 30.5 Å². The zero-order valence-corrected chi connectivity index (χ0v) is 19.1. The second-order valence-corrected chi connectivity index (χ2v) is 8.62. The Morgan fingerprint density at radius 1 is 1.22 bits per heavy atom. The van der Waals surface area contributed by atoms with Gasteiger partial charge in [0.05, 0.1) is 6.04 Å². The molecule has 2 aliphatic heterocycles. The summed E-state index contributed by atoms with van der Waals surface area (Å²) < 4.78 is 26.8. The smallest absolute Gasteiger partial charge is 0.339 e. The van der Waals surface area contributed by atoms with Gasteiger partial charge in [-0.1, -0.05) is 6.07 Å². The lowest BCUT2D eigenvalue weighted by molar-refractivity contribution is 0.0697. The normalized spacial score (nSPS) is 14.7. The van der Waals surface area contributed by atoms with E-state index in [0.29, 0.717) is 36.0 Å². The molecule has 1 atom stereocenters. The van der Waals surface area contributed by atoms with Crippen molar-refractivity contribution in [3.63, 3.8) is 0 Å². The van der Waals surface area contributed by atoms with Gasteiger partial charge in [0.2, 0.25) is 6.79 Å². The molecular formula is C25H20FN5O5. The van der Waals surface area contributed by atoms with Crippen molar-refractivity contribution in [1.29, 1.82) is 0 Å². The lowest BCUT2D eigenvalue weighted by atomic mass is 10.1. The third kappa shape index (κ3) is 3.56. The summed E-state index contributed by atoms with van der Waals surface area (Å²) in [4.78, 5) is 35.4. The topological polar surface area (TPSA) is 118 Å². The fourth-order valence-corrected chi connectivity index (χ4v) is 4.64. The van der Waals surface area contributed by atoms with Gasteiger partial charge in [-0.15, -0.1) is 0 Å². The average Bonchev–Trinajstić information content (AvgIpc) is 3.51. The molecule has 0 amide bonds. The summed E-state index contributed by atoms with van der Waals surface area (Å²) in [6.45, 7) is 2.89. The molecule has 0 unspecified atom stereocenters. The van der Waals surface area contributed by atoms with Crippen LogP contribution in [0.3, 0.4) is 0 Å². The molecule has 0 spiro atoms. The summed E-state index contributed by atoms with van der Waals surface area (Å²) in [6.07, 6.45) is 2.55. The highest BCUT2D eigenvalue weighted by atomic mass is 19.1. The van der Waals surface area contributed by atoms with Crippen LogP contribution in [0.15, 0.2) is 53.6 Å². The first-order valence-electron chi connectivity index (χ1n) is 11.2. The standard InChI is InChI=1S/C25H20FN5O5/c1-13(28-23-16(25(33)34)3-2-6-27-23)17-7-15(26)10-31-21(32)8-20(29-24(17)31)30-9-14-4-5-19-22(18(14)11-30)36-12-35-19/h2-8,10,13H,9,11-12H2,1H3,(H,27,28)(H,33,34)/t13-/m1/s1. The number of nitrogens with zero attached hydrogens (tertiary/aromatic N) is 4. The minimum absolute atomic E-state index is 0.0237. The summed E-state index contributed by atoms with van der Waals surface area (Å²) in [5.74, 6) is 0.196. The third-order valence-electron chi connectivity index (χ3n) is 6.37. The van der Waals surface area contributed by atoms with Gasteiger partial charge in [-0.3, -0.25) is 9.20 Å². The number of aromatic nitrogens is 3. The summed E-state index contributed by atoms with van der Waals surface area (Å²) in [5.41, 5.74) is 2.21. The molecule has 1 aromatic carbocycles. The van der Waals surface area contributed by atoms with E-state index in [-0.39, 0.29) is 23.8 Å². The number of carbonyl (C=O) groups is 1. The number of nitrogens with one attached hydrogen (secondary N) is 1. The monoisotopic (exact) mass is 489 g/mol. The van der Waals surface area contributed by atoms with Gasteiger partial charge < -0.3 is 24.8 Å². The second-order valence-electron chi connectivity index (χ2n) is 8.62. The highest BCUT2D eigenvalue weighted by molar-refractivity contribution is 5.93. The second kappa shape index (κ2) is 8.22. The van der Waals surface area contributed by atoms with Crippen molar-refractivity contribution in [3.05, 3.63) is 87.2 Å². The summed E-state index contributed by atoms with van der Waals surface area (Å²) >= 11 is 0. The fraction of sp³-hybridized carbons (Fsp3) is 0.200. The van der Waals surface area contributed by atoms with E-state index in [0.717, 1.165) is 21.7 Å². The Morgan fingerprint density at radius 3 is 2.92 bits per heavy atom. The highest BCUT2D eigenvalue weighted by Crippen LogP contribution is 2.42. The van der Waals surface area contributed by atoms with Crippen LogP contribution < -0.4 is 25.2 Å². The molecule has 0 radical (unpaired) electrons. The number of fused-ring (bicyclic) bond motifs is 4. The van der Waals surface area contributed by atoms with Crippen molar-refractivity contribution in [2.24, 2.45) is 0 Å². The number of benzene rings is 1. The molecule has 3 aromatic heterocycles. The van der Waals surface area contributed by atoms with Crippen molar-refractivity contribution in [2.75, 3.05) is 17.0 Å². The molecule has 0 saturated carbocycles. The molecule has 0 saturated heterocycles. The molecule has 6 rings (SSSR count).